The van der Waals surface area contributed by atoms with Crippen LogP contribution in [-0.4, -0.2) is 44.0 Å². The van der Waals surface area contributed by atoms with E-state index in [0.717, 1.165) is 14.2 Å². The van der Waals surface area contributed by atoms with Gasteiger partial charge in [0.25, 0.3) is 30.4 Å². The largest absolute Gasteiger partial charge is 0.285 e. The van der Waals surface area contributed by atoms with Gasteiger partial charge in [-0.05, 0) is 16.2 Å². The standard InChI is InChI=1S/C17H18O9S3.2Y/c1-12-4-13(8-16(5-12)28(21,22)25-2)6-14-7-15(11-27(18,19)20)10-17(9-14)29(23,24)26-3;;/h4,7-9H,6,11H2,1-3H3,(H,18,19,20);;/q-2;;. The van der Waals surface area contributed by atoms with E-state index in [9.17, 15) is 25.3 Å². The molecular formula is C17H18O9S3Y2-2. The van der Waals surface area contributed by atoms with Crippen LogP contribution in [0.4, 0.5) is 0 Å². The van der Waals surface area contributed by atoms with E-state index < -0.39 is 41.0 Å². The van der Waals surface area contributed by atoms with Gasteiger partial charge in [-0.2, -0.15) is 66.2 Å². The number of benzene rings is 2. The molecule has 0 heterocycles. The van der Waals surface area contributed by atoms with Gasteiger partial charge in [-0.15, -0.1) is 17.7 Å². The van der Waals surface area contributed by atoms with Crippen molar-refractivity contribution in [1.82, 2.24) is 0 Å². The van der Waals surface area contributed by atoms with Crippen LogP contribution in [0.2, 0.25) is 0 Å². The van der Waals surface area contributed by atoms with E-state index in [-0.39, 0.29) is 82.3 Å². The van der Waals surface area contributed by atoms with Crippen LogP contribution >= 0.6 is 0 Å². The van der Waals surface area contributed by atoms with Crippen molar-refractivity contribution < 1.29 is 104 Å². The van der Waals surface area contributed by atoms with Gasteiger partial charge >= 0.3 is 0 Å². The summed E-state index contributed by atoms with van der Waals surface area (Å²) in [5, 5.41) is 0. The van der Waals surface area contributed by atoms with Gasteiger partial charge in [0.2, 0.25) is 0 Å². The van der Waals surface area contributed by atoms with E-state index in [1.807, 2.05) is 0 Å². The normalized spacial score (nSPS) is 12.0. The van der Waals surface area contributed by atoms with Crippen molar-refractivity contribution in [3.8, 4) is 0 Å². The molecule has 31 heavy (non-hydrogen) atoms. The molecule has 0 atom stereocenters. The fourth-order valence-electron chi connectivity index (χ4n) is 2.58. The van der Waals surface area contributed by atoms with Crippen molar-refractivity contribution in [2.45, 2.75) is 28.9 Å². The Morgan fingerprint density at radius 1 is 0.806 bits per heavy atom. The number of rotatable bonds is 8. The van der Waals surface area contributed by atoms with Gasteiger partial charge in [-0.25, -0.2) is 0 Å². The predicted octanol–water partition coefficient (Wildman–Crippen LogP) is 1.24. The maximum atomic E-state index is 12.0. The Labute approximate surface area is 233 Å². The maximum Gasteiger partial charge on any atom is 0.273 e. The minimum Gasteiger partial charge on any atom is -0.285 e. The van der Waals surface area contributed by atoms with Crippen molar-refractivity contribution in [2.24, 2.45) is 0 Å². The van der Waals surface area contributed by atoms with Crippen LogP contribution in [0, 0.1) is 19.1 Å². The maximum absolute atomic E-state index is 12.0. The van der Waals surface area contributed by atoms with Crippen LogP contribution in [-0.2, 0) is 116 Å². The summed E-state index contributed by atoms with van der Waals surface area (Å²) in [7, 11) is -10.7. The average Bonchev–Trinajstić information content (AvgIpc) is 2.59. The molecule has 14 heteroatoms. The molecule has 0 aliphatic carbocycles. The van der Waals surface area contributed by atoms with Crippen molar-refractivity contribution >= 4 is 30.4 Å². The Morgan fingerprint density at radius 3 is 1.71 bits per heavy atom. The van der Waals surface area contributed by atoms with Gasteiger partial charge in [-0.3, -0.25) is 12.9 Å². The summed E-state index contributed by atoms with van der Waals surface area (Å²) in [5.74, 6) is -0.849. The van der Waals surface area contributed by atoms with Gasteiger partial charge in [0.15, 0.2) is 0 Å². The van der Waals surface area contributed by atoms with E-state index in [4.69, 9.17) is 4.55 Å². The Balaban J connectivity index is 0.00000450. The molecule has 0 aliphatic heterocycles. The van der Waals surface area contributed by atoms with Crippen LogP contribution in [0.1, 0.15) is 22.3 Å². The van der Waals surface area contributed by atoms with Crippen LogP contribution in [0.15, 0.2) is 34.1 Å². The number of hydrogen-bond acceptors (Lipinski definition) is 8. The molecule has 0 amide bonds. The molecule has 1 N–H and O–H groups in total. The van der Waals surface area contributed by atoms with Crippen molar-refractivity contribution in [3.63, 3.8) is 0 Å². The molecule has 9 nitrogen and oxygen atoms in total. The van der Waals surface area contributed by atoms with Crippen LogP contribution < -0.4 is 0 Å². The van der Waals surface area contributed by atoms with Crippen molar-refractivity contribution in [1.29, 1.82) is 0 Å². The smallest absolute Gasteiger partial charge is 0.273 e. The summed E-state index contributed by atoms with van der Waals surface area (Å²) in [6.45, 7) is 1.63. The van der Waals surface area contributed by atoms with Crippen LogP contribution in [0.5, 0.6) is 0 Å². The predicted molar refractivity (Wildman–Crippen MR) is 102 cm³/mol. The van der Waals surface area contributed by atoms with Crippen molar-refractivity contribution in [2.75, 3.05) is 14.2 Å². The molecular weight excluding hydrogens is 622 g/mol. The number of aryl methyl sites for hydroxylation is 1. The molecule has 0 fully saturated rings. The van der Waals surface area contributed by atoms with E-state index in [1.165, 1.54) is 18.2 Å². The molecule has 2 aromatic rings. The third kappa shape index (κ3) is 9.27. The molecule has 0 aliphatic rings. The van der Waals surface area contributed by atoms with Gasteiger partial charge in [0.05, 0.1) is 20.0 Å². The average molecular weight is 640 g/mol. The summed E-state index contributed by atoms with van der Waals surface area (Å²) in [6.07, 6.45) is 0.0567. The van der Waals surface area contributed by atoms with E-state index in [0.29, 0.717) is 16.7 Å². The third-order valence-corrected chi connectivity index (χ3v) is 6.79. The SMILES string of the molecule is COS(=O)(=O)c1[c-]c(C)cc(Cc2cc(CS(=O)(=O)O)[c-]c(S(=O)(=O)OC)c2)c1.[Y].[Y]. The topological polar surface area (TPSA) is 141 Å². The molecule has 0 bridgehead atoms. The summed E-state index contributed by atoms with van der Waals surface area (Å²) in [5.41, 5.74) is 1.24. The van der Waals surface area contributed by atoms with Gasteiger partial charge in [-0.1, -0.05) is 6.92 Å². The Morgan fingerprint density at radius 2 is 1.26 bits per heavy atom. The zero-order chi connectivity index (χ0) is 22.0. The first-order valence-corrected chi connectivity index (χ1v) is 12.3. The quantitative estimate of drug-likeness (QED) is 0.257. The zero-order valence-corrected chi connectivity index (χ0v) is 24.9. The summed E-state index contributed by atoms with van der Waals surface area (Å²) >= 11 is 0. The Bertz CT molecular complexity index is 1240. The first kappa shape index (κ1) is 31.4. The van der Waals surface area contributed by atoms with Gasteiger partial charge in [0, 0.05) is 65.4 Å². The fraction of sp³-hybridized carbons (Fsp3) is 0.294. The van der Waals surface area contributed by atoms with Gasteiger partial charge < -0.3 is 0 Å². The molecule has 0 unspecified atom stereocenters. The second-order valence-electron chi connectivity index (χ2n) is 6.06. The molecule has 2 aromatic carbocycles. The fourth-order valence-corrected chi connectivity index (χ4v) is 4.62. The van der Waals surface area contributed by atoms with Crippen LogP contribution in [0.25, 0.3) is 0 Å². The molecule has 0 saturated carbocycles. The van der Waals surface area contributed by atoms with E-state index in [1.54, 1.807) is 13.0 Å². The minimum atomic E-state index is -4.44. The summed E-state index contributed by atoms with van der Waals surface area (Å²) in [4.78, 5) is -0.611. The third-order valence-electron chi connectivity index (χ3n) is 3.72. The first-order valence-electron chi connectivity index (χ1n) is 7.90. The van der Waals surface area contributed by atoms with E-state index >= 15 is 0 Å². The molecule has 2 radical (unpaired) electrons. The second kappa shape index (κ2) is 12.2. The first-order chi connectivity index (χ1) is 13.3. The molecule has 0 spiro atoms. The van der Waals surface area contributed by atoms with Crippen LogP contribution in [0.3, 0.4) is 0 Å². The minimum absolute atomic E-state index is 0. The second-order valence-corrected chi connectivity index (χ2v) is 10.9. The van der Waals surface area contributed by atoms with Gasteiger partial charge in [0.1, 0.15) is 0 Å². The Kier molecular flexibility index (Phi) is 12.3. The molecule has 0 saturated heterocycles. The molecule has 2 rings (SSSR count). The Hall–Kier alpha value is 0.378. The zero-order valence-electron chi connectivity index (χ0n) is 16.8. The monoisotopic (exact) mass is 640 g/mol. The summed E-state index contributed by atoms with van der Waals surface area (Å²) < 4.78 is 88.4. The summed E-state index contributed by atoms with van der Waals surface area (Å²) in [6, 6.07) is 10.6. The number of hydrogen-bond donors (Lipinski definition) is 1. The van der Waals surface area contributed by atoms with E-state index in [2.05, 4.69) is 20.5 Å². The van der Waals surface area contributed by atoms with Crippen molar-refractivity contribution in [3.05, 3.63) is 58.7 Å². The molecule has 166 valence electrons. The molecule has 0 aromatic heterocycles.